The van der Waals surface area contributed by atoms with Crippen LogP contribution < -0.4 is 4.74 Å². The molecule has 1 aromatic rings. The molecule has 0 amide bonds. The number of rotatable bonds is 2. The maximum Gasteiger partial charge on any atom is 0.174 e. The molecular weight excluding hydrogens is 132 g/mol. The Morgan fingerprint density at radius 3 is 2.90 bits per heavy atom. The molecule has 0 aliphatic carbocycles. The highest BCUT2D eigenvalue weighted by Gasteiger charge is 2.04. The summed E-state index contributed by atoms with van der Waals surface area (Å²) in [6, 6.07) is 0. The van der Waals surface area contributed by atoms with Crippen molar-refractivity contribution in [3.8, 4) is 5.75 Å². The molecule has 1 heterocycles. The topological polar surface area (TPSA) is 44.1 Å². The van der Waals surface area contributed by atoms with Gasteiger partial charge < -0.3 is 4.74 Å². The second-order valence-electron chi connectivity index (χ2n) is 1.87. The number of carbonyl (C=O) groups excluding carboxylic acids is 1. The van der Waals surface area contributed by atoms with E-state index in [9.17, 15) is 4.79 Å². The van der Waals surface area contributed by atoms with Gasteiger partial charge in [0.1, 0.15) is 0 Å². The average molecular weight is 140 g/mol. The van der Waals surface area contributed by atoms with Crippen LogP contribution in [-0.2, 0) is 7.05 Å². The Balaban J connectivity index is 3.08. The summed E-state index contributed by atoms with van der Waals surface area (Å²) in [4.78, 5) is 10.2. The minimum atomic E-state index is 0.338. The van der Waals surface area contributed by atoms with Crippen molar-refractivity contribution in [2.24, 2.45) is 7.05 Å². The number of aromatic nitrogens is 2. The number of hydrogen-bond acceptors (Lipinski definition) is 3. The molecule has 0 bridgehead atoms. The van der Waals surface area contributed by atoms with Crippen LogP contribution in [0.25, 0.3) is 0 Å². The first-order valence-electron chi connectivity index (χ1n) is 2.80. The largest absolute Gasteiger partial charge is 0.493 e. The minimum absolute atomic E-state index is 0.338. The van der Waals surface area contributed by atoms with E-state index in [1.165, 1.54) is 11.8 Å². The molecule has 1 rings (SSSR count). The number of methoxy groups -OCH3 is 1. The lowest BCUT2D eigenvalue weighted by Gasteiger charge is -1.90. The zero-order valence-electron chi connectivity index (χ0n) is 5.87. The number of hydrogen-bond donors (Lipinski definition) is 0. The molecule has 4 nitrogen and oxygen atoms in total. The third-order valence-electron chi connectivity index (χ3n) is 1.15. The van der Waals surface area contributed by atoms with Gasteiger partial charge in [-0.05, 0) is 0 Å². The molecule has 0 aliphatic heterocycles. The Morgan fingerprint density at radius 2 is 2.50 bits per heavy atom. The predicted octanol–water partition coefficient (Wildman–Crippen LogP) is 0.241. The Hall–Kier alpha value is -1.32. The van der Waals surface area contributed by atoms with Crippen LogP contribution in [0.3, 0.4) is 0 Å². The van der Waals surface area contributed by atoms with Gasteiger partial charge in [-0.15, -0.1) is 0 Å². The Morgan fingerprint density at radius 1 is 1.80 bits per heavy atom. The summed E-state index contributed by atoms with van der Waals surface area (Å²) >= 11 is 0. The fourth-order valence-electron chi connectivity index (χ4n) is 0.723. The molecule has 4 heteroatoms. The van der Waals surface area contributed by atoms with Crippen LogP contribution >= 0.6 is 0 Å². The van der Waals surface area contributed by atoms with E-state index in [2.05, 4.69) is 5.10 Å². The Kier molecular flexibility index (Phi) is 1.71. The Labute approximate surface area is 58.4 Å². The van der Waals surface area contributed by atoms with E-state index in [1.807, 2.05) is 0 Å². The maximum atomic E-state index is 10.2. The SMILES string of the molecule is COc1cn(C)nc1C=O. The first-order chi connectivity index (χ1) is 4.77. The quantitative estimate of drug-likeness (QED) is 0.553. The maximum absolute atomic E-state index is 10.2. The molecule has 0 radical (unpaired) electrons. The van der Waals surface area contributed by atoms with Crippen molar-refractivity contribution in [1.82, 2.24) is 9.78 Å². The van der Waals surface area contributed by atoms with Gasteiger partial charge in [-0.3, -0.25) is 9.48 Å². The van der Waals surface area contributed by atoms with Gasteiger partial charge in [0.05, 0.1) is 13.3 Å². The lowest BCUT2D eigenvalue weighted by atomic mass is 10.4. The second-order valence-corrected chi connectivity index (χ2v) is 1.87. The standard InChI is InChI=1S/C6H8N2O2/c1-8-3-6(10-2)5(4-9)7-8/h3-4H,1-2H3. The summed E-state index contributed by atoms with van der Waals surface area (Å²) in [7, 11) is 3.24. The fourth-order valence-corrected chi connectivity index (χ4v) is 0.723. The number of nitrogens with zero attached hydrogens (tertiary/aromatic N) is 2. The summed E-state index contributed by atoms with van der Waals surface area (Å²) in [5, 5.41) is 3.82. The number of ether oxygens (including phenoxy) is 1. The second kappa shape index (κ2) is 2.51. The smallest absolute Gasteiger partial charge is 0.174 e. The molecule has 0 saturated carbocycles. The molecule has 0 unspecified atom stereocenters. The van der Waals surface area contributed by atoms with E-state index in [0.29, 0.717) is 17.7 Å². The normalized spacial score (nSPS) is 9.40. The van der Waals surface area contributed by atoms with Crippen molar-refractivity contribution < 1.29 is 9.53 Å². The van der Waals surface area contributed by atoms with E-state index < -0.39 is 0 Å². The zero-order chi connectivity index (χ0) is 7.56. The van der Waals surface area contributed by atoms with Gasteiger partial charge >= 0.3 is 0 Å². The molecule has 0 aromatic carbocycles. The Bertz CT molecular complexity index is 242. The van der Waals surface area contributed by atoms with Crippen molar-refractivity contribution in [1.29, 1.82) is 0 Å². The average Bonchev–Trinajstić information content (AvgIpc) is 2.30. The molecular formula is C6H8N2O2. The van der Waals surface area contributed by atoms with Crippen LogP contribution in [0, 0.1) is 0 Å². The zero-order valence-corrected chi connectivity index (χ0v) is 5.87. The molecule has 0 atom stereocenters. The predicted molar refractivity (Wildman–Crippen MR) is 35.1 cm³/mol. The molecule has 0 aliphatic rings. The third kappa shape index (κ3) is 1.00. The van der Waals surface area contributed by atoms with Crippen LogP contribution in [-0.4, -0.2) is 23.2 Å². The van der Waals surface area contributed by atoms with Crippen molar-refractivity contribution in [2.75, 3.05) is 7.11 Å². The molecule has 54 valence electrons. The van der Waals surface area contributed by atoms with Gasteiger partial charge in [-0.2, -0.15) is 5.10 Å². The van der Waals surface area contributed by atoms with Crippen molar-refractivity contribution >= 4 is 6.29 Å². The first kappa shape index (κ1) is 6.80. The number of aryl methyl sites for hydroxylation is 1. The monoisotopic (exact) mass is 140 g/mol. The molecule has 0 N–H and O–H groups in total. The van der Waals surface area contributed by atoms with Gasteiger partial charge in [-0.25, -0.2) is 0 Å². The fraction of sp³-hybridized carbons (Fsp3) is 0.333. The number of aldehydes is 1. The highest BCUT2D eigenvalue weighted by atomic mass is 16.5. The summed E-state index contributed by atoms with van der Waals surface area (Å²) in [5.41, 5.74) is 0.338. The van der Waals surface area contributed by atoms with Crippen molar-refractivity contribution in [3.05, 3.63) is 11.9 Å². The van der Waals surface area contributed by atoms with Gasteiger partial charge in [-0.1, -0.05) is 0 Å². The van der Waals surface area contributed by atoms with Gasteiger partial charge in [0.15, 0.2) is 17.7 Å². The van der Waals surface area contributed by atoms with Crippen LogP contribution in [0.5, 0.6) is 5.75 Å². The van der Waals surface area contributed by atoms with E-state index in [4.69, 9.17) is 4.74 Å². The van der Waals surface area contributed by atoms with Gasteiger partial charge in [0.2, 0.25) is 0 Å². The molecule has 1 aromatic heterocycles. The first-order valence-corrected chi connectivity index (χ1v) is 2.80. The lowest BCUT2D eigenvalue weighted by molar-refractivity contribution is 0.111. The summed E-state index contributed by atoms with van der Waals surface area (Å²) in [5.74, 6) is 0.512. The lowest BCUT2D eigenvalue weighted by Crippen LogP contribution is -1.89. The van der Waals surface area contributed by atoms with E-state index >= 15 is 0 Å². The molecule has 0 spiro atoms. The summed E-state index contributed by atoms with van der Waals surface area (Å²) < 4.78 is 6.37. The highest BCUT2D eigenvalue weighted by Crippen LogP contribution is 2.11. The summed E-state index contributed by atoms with van der Waals surface area (Å²) in [6.45, 7) is 0. The van der Waals surface area contributed by atoms with Crippen LogP contribution in [0.4, 0.5) is 0 Å². The third-order valence-corrected chi connectivity index (χ3v) is 1.15. The van der Waals surface area contributed by atoms with E-state index in [0.717, 1.165) is 0 Å². The van der Waals surface area contributed by atoms with Crippen LogP contribution in [0.1, 0.15) is 10.5 Å². The summed E-state index contributed by atoms with van der Waals surface area (Å²) in [6.07, 6.45) is 2.31. The van der Waals surface area contributed by atoms with Gasteiger partial charge in [0, 0.05) is 7.05 Å². The number of carbonyl (C=O) groups is 1. The van der Waals surface area contributed by atoms with E-state index in [-0.39, 0.29) is 0 Å². The molecule has 0 saturated heterocycles. The molecule has 0 fully saturated rings. The molecule has 10 heavy (non-hydrogen) atoms. The highest BCUT2D eigenvalue weighted by molar-refractivity contribution is 5.75. The van der Waals surface area contributed by atoms with Gasteiger partial charge in [0.25, 0.3) is 0 Å². The van der Waals surface area contributed by atoms with E-state index in [1.54, 1.807) is 13.2 Å². The van der Waals surface area contributed by atoms with Crippen molar-refractivity contribution in [3.63, 3.8) is 0 Å². The van der Waals surface area contributed by atoms with Crippen LogP contribution in [0.15, 0.2) is 6.20 Å². The van der Waals surface area contributed by atoms with Crippen LogP contribution in [0.2, 0.25) is 0 Å². The minimum Gasteiger partial charge on any atom is -0.493 e. The van der Waals surface area contributed by atoms with Crippen molar-refractivity contribution in [2.45, 2.75) is 0 Å².